The highest BCUT2D eigenvalue weighted by molar-refractivity contribution is 6.36. The van der Waals surface area contributed by atoms with Gasteiger partial charge in [-0.05, 0) is 37.6 Å². The van der Waals surface area contributed by atoms with Gasteiger partial charge in [0, 0.05) is 30.0 Å². The predicted molar refractivity (Wildman–Crippen MR) is 91.6 cm³/mol. The van der Waals surface area contributed by atoms with Crippen molar-refractivity contribution in [2.75, 3.05) is 13.1 Å². The number of carbonyl (C=O) groups excluding carboxylic acids is 1. The minimum absolute atomic E-state index is 0.0219. The third kappa shape index (κ3) is 5.53. The van der Waals surface area contributed by atoms with E-state index in [-0.39, 0.29) is 5.91 Å². The van der Waals surface area contributed by atoms with E-state index in [1.54, 1.807) is 24.4 Å². The molecule has 0 saturated carbocycles. The third-order valence-corrected chi connectivity index (χ3v) is 3.82. The van der Waals surface area contributed by atoms with E-state index in [2.05, 4.69) is 10.3 Å². The summed E-state index contributed by atoms with van der Waals surface area (Å²) in [6, 6.07) is 5.16. The van der Waals surface area contributed by atoms with Gasteiger partial charge in [0.25, 0.3) is 0 Å². The zero-order valence-electron chi connectivity index (χ0n) is 12.6. The second-order valence-electron chi connectivity index (χ2n) is 5.09. The molecule has 0 aliphatic heterocycles. The fourth-order valence-electron chi connectivity index (χ4n) is 2.05. The van der Waals surface area contributed by atoms with Crippen molar-refractivity contribution in [2.45, 2.75) is 25.7 Å². The Morgan fingerprint density at radius 2 is 2.13 bits per heavy atom. The SMILES string of the molecule is NCCCCNC(=O)CCc1ncc(-c2ccc(Cl)cc2Cl)o1. The number of aromatic nitrogens is 1. The number of carbonyl (C=O) groups is 1. The number of halogens is 2. The first-order valence-corrected chi connectivity index (χ1v) is 8.22. The Morgan fingerprint density at radius 1 is 1.30 bits per heavy atom. The largest absolute Gasteiger partial charge is 0.441 e. The van der Waals surface area contributed by atoms with Crippen LogP contribution < -0.4 is 11.1 Å². The molecule has 0 atom stereocenters. The maximum atomic E-state index is 11.7. The Balaban J connectivity index is 1.86. The lowest BCUT2D eigenvalue weighted by Crippen LogP contribution is -2.25. The second-order valence-corrected chi connectivity index (χ2v) is 5.93. The van der Waals surface area contributed by atoms with Crippen molar-refractivity contribution >= 4 is 29.1 Å². The van der Waals surface area contributed by atoms with E-state index in [4.69, 9.17) is 33.4 Å². The van der Waals surface area contributed by atoms with Crippen LogP contribution in [0.25, 0.3) is 11.3 Å². The Kier molecular flexibility index (Phi) is 6.89. The van der Waals surface area contributed by atoms with Crippen LogP contribution in [0.3, 0.4) is 0 Å². The van der Waals surface area contributed by atoms with Gasteiger partial charge >= 0.3 is 0 Å². The molecule has 0 radical (unpaired) electrons. The first-order chi connectivity index (χ1) is 11.1. The van der Waals surface area contributed by atoms with Crippen molar-refractivity contribution in [3.05, 3.63) is 40.3 Å². The molecule has 1 aromatic carbocycles. The van der Waals surface area contributed by atoms with Gasteiger partial charge in [-0.3, -0.25) is 4.79 Å². The average molecular weight is 356 g/mol. The lowest BCUT2D eigenvalue weighted by atomic mass is 10.2. The number of amides is 1. The van der Waals surface area contributed by atoms with E-state index in [1.165, 1.54) is 0 Å². The van der Waals surface area contributed by atoms with Crippen LogP contribution in [0.5, 0.6) is 0 Å². The van der Waals surface area contributed by atoms with E-state index >= 15 is 0 Å². The number of unbranched alkanes of at least 4 members (excludes halogenated alkanes) is 1. The molecule has 0 spiro atoms. The van der Waals surface area contributed by atoms with Gasteiger partial charge in [0.2, 0.25) is 5.91 Å². The van der Waals surface area contributed by atoms with Crippen molar-refractivity contribution in [2.24, 2.45) is 5.73 Å². The minimum Gasteiger partial charge on any atom is -0.441 e. The molecule has 5 nitrogen and oxygen atoms in total. The molecule has 1 aromatic heterocycles. The zero-order valence-corrected chi connectivity index (χ0v) is 14.2. The van der Waals surface area contributed by atoms with Crippen LogP contribution in [0, 0.1) is 0 Å². The summed E-state index contributed by atoms with van der Waals surface area (Å²) in [5, 5.41) is 3.90. The molecule has 23 heavy (non-hydrogen) atoms. The van der Waals surface area contributed by atoms with Crippen molar-refractivity contribution in [1.29, 1.82) is 0 Å². The first-order valence-electron chi connectivity index (χ1n) is 7.47. The number of aryl methyl sites for hydroxylation is 1. The molecule has 1 heterocycles. The molecule has 3 N–H and O–H groups in total. The molecule has 0 aliphatic rings. The molecule has 2 rings (SSSR count). The molecule has 0 fully saturated rings. The van der Waals surface area contributed by atoms with E-state index in [9.17, 15) is 4.79 Å². The van der Waals surface area contributed by atoms with Gasteiger partial charge in [-0.2, -0.15) is 0 Å². The molecule has 2 aromatic rings. The standard InChI is InChI=1S/C16H19Cl2N3O2/c17-11-3-4-12(13(18)9-11)14-10-21-16(23-14)6-5-15(22)20-8-2-1-7-19/h3-4,9-10H,1-2,5-8,19H2,(H,20,22). The Morgan fingerprint density at radius 3 is 2.87 bits per heavy atom. The number of nitrogens with two attached hydrogens (primary N) is 1. The summed E-state index contributed by atoms with van der Waals surface area (Å²) in [6.45, 7) is 1.29. The second kappa shape index (κ2) is 8.91. The highest BCUT2D eigenvalue weighted by atomic mass is 35.5. The highest BCUT2D eigenvalue weighted by Crippen LogP contribution is 2.30. The van der Waals surface area contributed by atoms with Gasteiger partial charge in [-0.1, -0.05) is 23.2 Å². The fourth-order valence-corrected chi connectivity index (χ4v) is 2.55. The van der Waals surface area contributed by atoms with Crippen molar-refractivity contribution in [3.8, 4) is 11.3 Å². The lowest BCUT2D eigenvalue weighted by molar-refractivity contribution is -0.121. The molecule has 0 unspecified atom stereocenters. The lowest BCUT2D eigenvalue weighted by Gasteiger charge is -2.03. The van der Waals surface area contributed by atoms with E-state index in [0.29, 0.717) is 47.6 Å². The summed E-state index contributed by atoms with van der Waals surface area (Å²) < 4.78 is 5.65. The summed E-state index contributed by atoms with van der Waals surface area (Å²) in [4.78, 5) is 15.9. The van der Waals surface area contributed by atoms with E-state index in [0.717, 1.165) is 18.4 Å². The molecule has 1 amide bonds. The number of oxazole rings is 1. The summed E-state index contributed by atoms with van der Waals surface area (Å²) in [7, 11) is 0. The monoisotopic (exact) mass is 355 g/mol. The summed E-state index contributed by atoms with van der Waals surface area (Å²) in [6.07, 6.45) is 4.17. The van der Waals surface area contributed by atoms with Crippen molar-refractivity contribution in [1.82, 2.24) is 10.3 Å². The average Bonchev–Trinajstić information content (AvgIpc) is 2.98. The zero-order chi connectivity index (χ0) is 16.7. The quantitative estimate of drug-likeness (QED) is 0.710. The maximum absolute atomic E-state index is 11.7. The number of nitrogens with zero attached hydrogens (tertiary/aromatic N) is 1. The molecule has 0 aliphatic carbocycles. The van der Waals surface area contributed by atoms with Crippen LogP contribution in [0.1, 0.15) is 25.2 Å². The minimum atomic E-state index is -0.0219. The smallest absolute Gasteiger partial charge is 0.220 e. The van der Waals surface area contributed by atoms with Crippen LogP contribution in [0.15, 0.2) is 28.8 Å². The van der Waals surface area contributed by atoms with Crippen molar-refractivity contribution < 1.29 is 9.21 Å². The van der Waals surface area contributed by atoms with Gasteiger partial charge in [0.15, 0.2) is 11.7 Å². The van der Waals surface area contributed by atoms with Gasteiger partial charge in [-0.15, -0.1) is 0 Å². The van der Waals surface area contributed by atoms with Gasteiger partial charge < -0.3 is 15.5 Å². The number of benzene rings is 1. The van der Waals surface area contributed by atoms with Crippen LogP contribution in [0.4, 0.5) is 0 Å². The number of nitrogens with one attached hydrogen (secondary N) is 1. The van der Waals surface area contributed by atoms with Gasteiger partial charge in [-0.25, -0.2) is 4.98 Å². The number of rotatable bonds is 8. The molecular formula is C16H19Cl2N3O2. The number of hydrogen-bond acceptors (Lipinski definition) is 4. The first kappa shape index (κ1) is 17.8. The van der Waals surface area contributed by atoms with Crippen LogP contribution in [-0.4, -0.2) is 24.0 Å². The third-order valence-electron chi connectivity index (χ3n) is 3.27. The molecular weight excluding hydrogens is 337 g/mol. The van der Waals surface area contributed by atoms with E-state index in [1.807, 2.05) is 0 Å². The topological polar surface area (TPSA) is 81.1 Å². The Hall–Kier alpha value is -1.56. The van der Waals surface area contributed by atoms with Gasteiger partial charge in [0.05, 0.1) is 11.2 Å². The maximum Gasteiger partial charge on any atom is 0.220 e. The number of hydrogen-bond donors (Lipinski definition) is 2. The fraction of sp³-hybridized carbons (Fsp3) is 0.375. The molecule has 0 bridgehead atoms. The Labute approximate surface area is 145 Å². The Bertz CT molecular complexity index is 659. The predicted octanol–water partition coefficient (Wildman–Crippen LogP) is 3.44. The summed E-state index contributed by atoms with van der Waals surface area (Å²) in [5.74, 6) is 1.04. The van der Waals surface area contributed by atoms with Gasteiger partial charge in [0.1, 0.15) is 0 Å². The molecule has 7 heteroatoms. The van der Waals surface area contributed by atoms with E-state index < -0.39 is 0 Å². The normalized spacial score (nSPS) is 10.7. The van der Waals surface area contributed by atoms with Crippen LogP contribution >= 0.6 is 23.2 Å². The van der Waals surface area contributed by atoms with Crippen LogP contribution in [-0.2, 0) is 11.2 Å². The summed E-state index contributed by atoms with van der Waals surface area (Å²) >= 11 is 12.0. The van der Waals surface area contributed by atoms with Crippen LogP contribution in [0.2, 0.25) is 10.0 Å². The van der Waals surface area contributed by atoms with Crippen molar-refractivity contribution in [3.63, 3.8) is 0 Å². The molecule has 124 valence electrons. The molecule has 0 saturated heterocycles. The summed E-state index contributed by atoms with van der Waals surface area (Å²) in [5.41, 5.74) is 6.12. The highest BCUT2D eigenvalue weighted by Gasteiger charge is 2.11.